The van der Waals surface area contributed by atoms with Crippen molar-refractivity contribution < 1.29 is 28.3 Å². The van der Waals surface area contributed by atoms with Crippen LogP contribution >= 0.6 is 0 Å². The molecule has 8 nitrogen and oxygen atoms in total. The standard InChI is InChI=1S/C20H20N2O6/c1-24-13-6-8-16(25-2)14(10-13)21-20(23)15-11-18(28-22-15)12-5-7-17(26-3)19(9-12)27-4/h5-11H,1-4H3,(H,21,23). The molecule has 3 rings (SSSR count). The molecule has 0 bridgehead atoms. The molecule has 28 heavy (non-hydrogen) atoms. The van der Waals surface area contributed by atoms with E-state index in [9.17, 15) is 4.79 Å². The Labute approximate surface area is 162 Å². The summed E-state index contributed by atoms with van der Waals surface area (Å²) < 4.78 is 26.3. The Bertz CT molecular complexity index is 983. The molecule has 1 amide bonds. The third kappa shape index (κ3) is 3.85. The van der Waals surface area contributed by atoms with Crippen LogP contribution in [-0.4, -0.2) is 39.5 Å². The van der Waals surface area contributed by atoms with Crippen LogP contribution in [0.3, 0.4) is 0 Å². The van der Waals surface area contributed by atoms with E-state index in [1.165, 1.54) is 7.11 Å². The number of methoxy groups -OCH3 is 4. The normalized spacial score (nSPS) is 10.3. The zero-order valence-electron chi connectivity index (χ0n) is 15.9. The number of ether oxygens (including phenoxy) is 4. The Hall–Kier alpha value is -3.68. The van der Waals surface area contributed by atoms with Gasteiger partial charge >= 0.3 is 0 Å². The summed E-state index contributed by atoms with van der Waals surface area (Å²) >= 11 is 0. The van der Waals surface area contributed by atoms with E-state index in [1.54, 1.807) is 63.8 Å². The van der Waals surface area contributed by atoms with Crippen molar-refractivity contribution in [3.8, 4) is 34.3 Å². The Morgan fingerprint density at radius 3 is 2.25 bits per heavy atom. The van der Waals surface area contributed by atoms with E-state index in [0.717, 1.165) is 0 Å². The van der Waals surface area contributed by atoms with Crippen molar-refractivity contribution in [3.63, 3.8) is 0 Å². The fourth-order valence-electron chi connectivity index (χ4n) is 2.61. The zero-order valence-corrected chi connectivity index (χ0v) is 15.9. The lowest BCUT2D eigenvalue weighted by Crippen LogP contribution is -2.13. The number of carbonyl (C=O) groups is 1. The SMILES string of the molecule is COc1ccc(OC)c(NC(=O)c2cc(-c3ccc(OC)c(OC)c3)on2)c1. The van der Waals surface area contributed by atoms with Crippen LogP contribution in [0, 0.1) is 0 Å². The van der Waals surface area contributed by atoms with Gasteiger partial charge in [-0.2, -0.15) is 0 Å². The molecule has 1 heterocycles. The van der Waals surface area contributed by atoms with Crippen molar-refractivity contribution in [1.82, 2.24) is 5.16 Å². The van der Waals surface area contributed by atoms with Gasteiger partial charge in [0.2, 0.25) is 0 Å². The first kappa shape index (κ1) is 19.1. The minimum Gasteiger partial charge on any atom is -0.497 e. The van der Waals surface area contributed by atoms with Crippen LogP contribution in [0.2, 0.25) is 0 Å². The number of hydrogen-bond acceptors (Lipinski definition) is 7. The lowest BCUT2D eigenvalue weighted by Gasteiger charge is -2.10. The third-order valence-electron chi connectivity index (χ3n) is 4.07. The van der Waals surface area contributed by atoms with Crippen LogP contribution in [0.25, 0.3) is 11.3 Å². The second-order valence-corrected chi connectivity index (χ2v) is 5.67. The lowest BCUT2D eigenvalue weighted by atomic mass is 10.1. The minimum atomic E-state index is -0.443. The van der Waals surface area contributed by atoms with Gasteiger partial charge in [0.05, 0.1) is 34.1 Å². The molecule has 0 aliphatic heterocycles. The Morgan fingerprint density at radius 1 is 0.857 bits per heavy atom. The van der Waals surface area contributed by atoms with E-state index in [1.807, 2.05) is 0 Å². The summed E-state index contributed by atoms with van der Waals surface area (Å²) in [6.45, 7) is 0. The van der Waals surface area contributed by atoms with E-state index in [2.05, 4.69) is 10.5 Å². The van der Waals surface area contributed by atoms with E-state index in [0.29, 0.717) is 40.0 Å². The lowest BCUT2D eigenvalue weighted by molar-refractivity contribution is 0.101. The van der Waals surface area contributed by atoms with Gasteiger partial charge in [0.25, 0.3) is 5.91 Å². The van der Waals surface area contributed by atoms with Gasteiger partial charge in [-0.25, -0.2) is 0 Å². The Kier molecular flexibility index (Phi) is 5.69. The molecule has 8 heteroatoms. The molecule has 0 atom stereocenters. The number of hydrogen-bond donors (Lipinski definition) is 1. The maximum absolute atomic E-state index is 12.6. The highest BCUT2D eigenvalue weighted by Crippen LogP contribution is 2.33. The summed E-state index contributed by atoms with van der Waals surface area (Å²) in [5.74, 6) is 2.20. The summed E-state index contributed by atoms with van der Waals surface area (Å²) in [5, 5.41) is 6.60. The predicted octanol–water partition coefficient (Wildman–Crippen LogP) is 3.63. The topological polar surface area (TPSA) is 92.1 Å². The van der Waals surface area contributed by atoms with Gasteiger partial charge in [0.15, 0.2) is 23.0 Å². The second kappa shape index (κ2) is 8.34. The first-order valence-corrected chi connectivity index (χ1v) is 8.32. The second-order valence-electron chi connectivity index (χ2n) is 5.67. The van der Waals surface area contributed by atoms with E-state index in [4.69, 9.17) is 23.5 Å². The van der Waals surface area contributed by atoms with Gasteiger partial charge in [-0.1, -0.05) is 5.16 Å². The molecular formula is C20H20N2O6. The summed E-state index contributed by atoms with van der Waals surface area (Å²) in [6, 6.07) is 11.9. The smallest absolute Gasteiger partial charge is 0.277 e. The maximum atomic E-state index is 12.6. The van der Waals surface area contributed by atoms with Crippen LogP contribution in [0.5, 0.6) is 23.0 Å². The number of amides is 1. The maximum Gasteiger partial charge on any atom is 0.277 e. The Morgan fingerprint density at radius 2 is 1.57 bits per heavy atom. The molecule has 1 aromatic heterocycles. The molecule has 0 aliphatic rings. The number of nitrogens with one attached hydrogen (secondary N) is 1. The summed E-state index contributed by atoms with van der Waals surface area (Å²) in [6.07, 6.45) is 0. The van der Waals surface area contributed by atoms with Gasteiger partial charge < -0.3 is 28.8 Å². The average Bonchev–Trinajstić information content (AvgIpc) is 3.23. The quantitative estimate of drug-likeness (QED) is 0.665. The van der Waals surface area contributed by atoms with Gasteiger partial charge in [0.1, 0.15) is 11.5 Å². The molecule has 2 aromatic carbocycles. The summed E-state index contributed by atoms with van der Waals surface area (Å²) in [5.41, 5.74) is 1.28. The van der Waals surface area contributed by atoms with Crippen LogP contribution < -0.4 is 24.3 Å². The number of carbonyl (C=O) groups excluding carboxylic acids is 1. The van der Waals surface area contributed by atoms with Gasteiger partial charge in [-0.3, -0.25) is 4.79 Å². The van der Waals surface area contributed by atoms with Crippen molar-refractivity contribution in [2.45, 2.75) is 0 Å². The van der Waals surface area contributed by atoms with Crippen molar-refractivity contribution in [2.24, 2.45) is 0 Å². The fourth-order valence-corrected chi connectivity index (χ4v) is 2.61. The highest BCUT2D eigenvalue weighted by molar-refractivity contribution is 6.04. The molecular weight excluding hydrogens is 364 g/mol. The van der Waals surface area contributed by atoms with Crippen LogP contribution in [-0.2, 0) is 0 Å². The molecule has 0 fully saturated rings. The highest BCUT2D eigenvalue weighted by atomic mass is 16.5. The predicted molar refractivity (Wildman–Crippen MR) is 103 cm³/mol. The number of aromatic nitrogens is 1. The molecule has 0 saturated heterocycles. The first-order valence-electron chi connectivity index (χ1n) is 8.32. The number of benzene rings is 2. The van der Waals surface area contributed by atoms with Gasteiger partial charge in [-0.15, -0.1) is 0 Å². The largest absolute Gasteiger partial charge is 0.497 e. The molecule has 0 spiro atoms. The monoisotopic (exact) mass is 384 g/mol. The van der Waals surface area contributed by atoms with Crippen LogP contribution in [0.1, 0.15) is 10.5 Å². The Balaban J connectivity index is 1.83. The van der Waals surface area contributed by atoms with Crippen LogP contribution in [0.15, 0.2) is 47.0 Å². The molecule has 0 unspecified atom stereocenters. The number of nitrogens with zero attached hydrogens (tertiary/aromatic N) is 1. The molecule has 1 N–H and O–H groups in total. The molecule has 146 valence electrons. The van der Waals surface area contributed by atoms with E-state index < -0.39 is 5.91 Å². The van der Waals surface area contributed by atoms with E-state index in [-0.39, 0.29) is 5.69 Å². The first-order chi connectivity index (χ1) is 13.6. The molecule has 0 radical (unpaired) electrons. The molecule has 0 saturated carbocycles. The molecule has 0 aliphatic carbocycles. The number of rotatable bonds is 7. The average molecular weight is 384 g/mol. The van der Waals surface area contributed by atoms with Gasteiger partial charge in [-0.05, 0) is 30.3 Å². The van der Waals surface area contributed by atoms with E-state index >= 15 is 0 Å². The highest BCUT2D eigenvalue weighted by Gasteiger charge is 2.17. The zero-order chi connectivity index (χ0) is 20.1. The van der Waals surface area contributed by atoms with Gasteiger partial charge in [0, 0.05) is 17.7 Å². The third-order valence-corrected chi connectivity index (χ3v) is 4.07. The molecule has 3 aromatic rings. The van der Waals surface area contributed by atoms with Crippen molar-refractivity contribution in [1.29, 1.82) is 0 Å². The van der Waals surface area contributed by atoms with Crippen molar-refractivity contribution in [2.75, 3.05) is 33.8 Å². The minimum absolute atomic E-state index is 0.120. The van der Waals surface area contributed by atoms with Crippen LogP contribution in [0.4, 0.5) is 5.69 Å². The summed E-state index contributed by atoms with van der Waals surface area (Å²) in [7, 11) is 6.16. The summed E-state index contributed by atoms with van der Waals surface area (Å²) in [4.78, 5) is 12.6. The van der Waals surface area contributed by atoms with Crippen molar-refractivity contribution >= 4 is 11.6 Å². The van der Waals surface area contributed by atoms with Crippen molar-refractivity contribution in [3.05, 3.63) is 48.2 Å². The fraction of sp³-hybridized carbons (Fsp3) is 0.200. The number of anilines is 1.